The van der Waals surface area contributed by atoms with Gasteiger partial charge in [-0.25, -0.2) is 0 Å². The smallest absolute Gasteiger partial charge is 0.0891 e. The van der Waals surface area contributed by atoms with Gasteiger partial charge < -0.3 is 15.0 Å². The van der Waals surface area contributed by atoms with Gasteiger partial charge in [0.05, 0.1) is 12.6 Å². The topological polar surface area (TPSA) is 37.2 Å². The van der Waals surface area contributed by atoms with Crippen LogP contribution in [0.5, 0.6) is 0 Å². The third kappa shape index (κ3) is 3.94. The zero-order valence-electron chi connectivity index (χ0n) is 14.3. The van der Waals surface area contributed by atoms with Crippen LogP contribution in [0.1, 0.15) is 0 Å². The lowest BCUT2D eigenvalue weighted by molar-refractivity contribution is 0.169. The van der Waals surface area contributed by atoms with Gasteiger partial charge in [0.25, 0.3) is 0 Å². The molecule has 3 nitrogen and oxygen atoms in total. The monoisotopic (exact) mass is 462 g/mol. The maximum atomic E-state index is 10.6. The van der Waals surface area contributed by atoms with Crippen LogP contribution in [0.25, 0.3) is 21.8 Å². The number of aliphatic hydroxyl groups excluding tert-OH is 1. The molecule has 2 N–H and O–H groups in total. The van der Waals surface area contributed by atoms with Crippen LogP contribution < -0.4 is 5.32 Å². The Morgan fingerprint density at radius 1 is 0.889 bits per heavy atom. The zero-order chi connectivity index (χ0) is 19.0. The van der Waals surface area contributed by atoms with E-state index in [0.717, 1.165) is 32.0 Å². The molecule has 0 unspecified atom stereocenters. The Morgan fingerprint density at radius 2 is 1.44 bits per heavy atom. The highest BCUT2D eigenvalue weighted by atomic mass is 79.9. The minimum Gasteiger partial charge on any atom is -0.389 e. The highest BCUT2D eigenvalue weighted by Crippen LogP contribution is 2.33. The van der Waals surface area contributed by atoms with Crippen molar-refractivity contribution in [3.05, 3.63) is 75.2 Å². The molecule has 1 heterocycles. The van der Waals surface area contributed by atoms with E-state index >= 15 is 0 Å². The van der Waals surface area contributed by atoms with Gasteiger partial charge in [-0.2, -0.15) is 0 Å². The summed E-state index contributed by atoms with van der Waals surface area (Å²) in [4.78, 5) is 0. The Hall–Kier alpha value is -1.72. The largest absolute Gasteiger partial charge is 0.389 e. The van der Waals surface area contributed by atoms with Crippen LogP contribution in [0.2, 0.25) is 10.0 Å². The maximum absolute atomic E-state index is 10.6. The van der Waals surface area contributed by atoms with Crippen LogP contribution in [0.3, 0.4) is 0 Å². The van der Waals surface area contributed by atoms with Crippen LogP contribution in [-0.4, -0.2) is 22.3 Å². The SMILES string of the molecule is O[C@@H](CNc1ccc(Br)cc1)Cn1c2ccc(Cl)cc2c2cc(Cl)ccc21. The number of fused-ring (bicyclic) bond motifs is 3. The molecule has 138 valence electrons. The minimum absolute atomic E-state index is 0.448. The number of benzene rings is 3. The molecule has 0 aliphatic carbocycles. The van der Waals surface area contributed by atoms with Gasteiger partial charge in [0, 0.05) is 48.6 Å². The summed E-state index contributed by atoms with van der Waals surface area (Å²) in [6.07, 6.45) is -0.557. The van der Waals surface area contributed by atoms with Gasteiger partial charge in [0.1, 0.15) is 0 Å². The number of nitrogens with zero attached hydrogens (tertiary/aromatic N) is 1. The highest BCUT2D eigenvalue weighted by molar-refractivity contribution is 9.10. The predicted octanol–water partition coefficient (Wildman–Crippen LogP) is 6.34. The Morgan fingerprint density at radius 3 is 2.00 bits per heavy atom. The molecule has 4 rings (SSSR count). The number of hydrogen-bond acceptors (Lipinski definition) is 2. The van der Waals surface area contributed by atoms with E-state index in [0.29, 0.717) is 23.1 Å². The summed E-state index contributed by atoms with van der Waals surface area (Å²) in [6, 6.07) is 19.5. The van der Waals surface area contributed by atoms with E-state index in [9.17, 15) is 5.11 Å². The van der Waals surface area contributed by atoms with Crippen LogP contribution in [0.15, 0.2) is 65.1 Å². The van der Waals surface area contributed by atoms with E-state index in [4.69, 9.17) is 23.2 Å². The van der Waals surface area contributed by atoms with Gasteiger partial charge in [0.15, 0.2) is 0 Å². The number of nitrogens with one attached hydrogen (secondary N) is 1. The Balaban J connectivity index is 1.63. The molecule has 0 saturated carbocycles. The van der Waals surface area contributed by atoms with Crippen molar-refractivity contribution in [2.24, 2.45) is 0 Å². The fourth-order valence-electron chi connectivity index (χ4n) is 3.32. The molecule has 0 fully saturated rings. The Kier molecular flexibility index (Phi) is 5.33. The van der Waals surface area contributed by atoms with E-state index in [1.54, 1.807) is 0 Å². The first-order valence-corrected chi connectivity index (χ1v) is 10.1. The number of aromatic nitrogens is 1. The summed E-state index contributed by atoms with van der Waals surface area (Å²) in [7, 11) is 0. The van der Waals surface area contributed by atoms with Crippen molar-refractivity contribution in [1.82, 2.24) is 4.57 Å². The number of aliphatic hydroxyl groups is 1. The number of anilines is 1. The van der Waals surface area contributed by atoms with Gasteiger partial charge in [0.2, 0.25) is 0 Å². The lowest BCUT2D eigenvalue weighted by Gasteiger charge is -2.15. The minimum atomic E-state index is -0.557. The fraction of sp³-hybridized carbons (Fsp3) is 0.143. The van der Waals surface area contributed by atoms with E-state index < -0.39 is 6.10 Å². The average Bonchev–Trinajstić information content (AvgIpc) is 2.94. The maximum Gasteiger partial charge on any atom is 0.0891 e. The molecule has 1 atom stereocenters. The van der Waals surface area contributed by atoms with Gasteiger partial charge in [-0.15, -0.1) is 0 Å². The molecule has 0 radical (unpaired) electrons. The second kappa shape index (κ2) is 7.72. The van der Waals surface area contributed by atoms with Crippen molar-refractivity contribution < 1.29 is 5.11 Å². The van der Waals surface area contributed by atoms with E-state index in [1.807, 2.05) is 60.7 Å². The van der Waals surface area contributed by atoms with Crippen molar-refractivity contribution in [3.8, 4) is 0 Å². The molecule has 0 aliphatic rings. The van der Waals surface area contributed by atoms with Gasteiger partial charge in [-0.1, -0.05) is 39.1 Å². The summed E-state index contributed by atoms with van der Waals surface area (Å²) in [5.41, 5.74) is 3.02. The molecule has 0 spiro atoms. The molecule has 4 aromatic rings. The molecular formula is C21H17BrCl2N2O. The lowest BCUT2D eigenvalue weighted by atomic mass is 10.1. The normalized spacial score (nSPS) is 12.6. The number of hydrogen-bond donors (Lipinski definition) is 2. The van der Waals surface area contributed by atoms with Crippen molar-refractivity contribution >= 4 is 66.6 Å². The zero-order valence-corrected chi connectivity index (χ0v) is 17.4. The van der Waals surface area contributed by atoms with Crippen LogP contribution in [-0.2, 0) is 6.54 Å². The fourth-order valence-corrected chi connectivity index (χ4v) is 3.93. The van der Waals surface area contributed by atoms with Crippen molar-refractivity contribution in [3.63, 3.8) is 0 Å². The molecule has 27 heavy (non-hydrogen) atoms. The summed E-state index contributed by atoms with van der Waals surface area (Å²) in [5, 5.41) is 17.3. The Bertz CT molecular complexity index is 1050. The first-order chi connectivity index (χ1) is 13.0. The summed E-state index contributed by atoms with van der Waals surface area (Å²) >= 11 is 15.8. The van der Waals surface area contributed by atoms with Crippen molar-refractivity contribution in [2.75, 3.05) is 11.9 Å². The third-order valence-electron chi connectivity index (χ3n) is 4.57. The van der Waals surface area contributed by atoms with Crippen molar-refractivity contribution in [1.29, 1.82) is 0 Å². The highest BCUT2D eigenvalue weighted by Gasteiger charge is 2.14. The molecule has 0 bridgehead atoms. The molecular weight excluding hydrogens is 447 g/mol. The first kappa shape index (κ1) is 18.6. The number of halogens is 3. The standard InChI is InChI=1S/C21H17BrCl2N2O/c22-13-1-5-16(6-2-13)25-11-17(27)12-26-20-7-3-14(23)9-18(20)19-10-15(24)4-8-21(19)26/h1-10,17,25,27H,11-12H2/t17-/m0/s1. The second-order valence-corrected chi connectivity index (χ2v) is 8.26. The summed E-state index contributed by atoms with van der Waals surface area (Å²) in [5.74, 6) is 0. The van der Waals surface area contributed by atoms with Crippen LogP contribution in [0, 0.1) is 0 Å². The average molecular weight is 464 g/mol. The van der Waals surface area contributed by atoms with Crippen molar-refractivity contribution in [2.45, 2.75) is 12.6 Å². The second-order valence-electron chi connectivity index (χ2n) is 6.48. The molecule has 0 amide bonds. The quantitative estimate of drug-likeness (QED) is 0.362. The predicted molar refractivity (Wildman–Crippen MR) is 118 cm³/mol. The molecule has 3 aromatic carbocycles. The summed E-state index contributed by atoms with van der Waals surface area (Å²) < 4.78 is 3.14. The van der Waals surface area contributed by atoms with Crippen LogP contribution in [0.4, 0.5) is 5.69 Å². The molecule has 6 heteroatoms. The van der Waals surface area contributed by atoms with Gasteiger partial charge in [-0.3, -0.25) is 0 Å². The number of rotatable bonds is 5. The van der Waals surface area contributed by atoms with Crippen LogP contribution >= 0.6 is 39.1 Å². The first-order valence-electron chi connectivity index (χ1n) is 8.56. The molecule has 0 saturated heterocycles. The van der Waals surface area contributed by atoms with E-state index in [2.05, 4.69) is 25.8 Å². The lowest BCUT2D eigenvalue weighted by Crippen LogP contribution is -2.24. The summed E-state index contributed by atoms with van der Waals surface area (Å²) in [6.45, 7) is 0.913. The van der Waals surface area contributed by atoms with E-state index in [-0.39, 0.29) is 0 Å². The molecule has 0 aliphatic heterocycles. The molecule has 1 aromatic heterocycles. The Labute approximate surface area is 175 Å². The third-order valence-corrected chi connectivity index (χ3v) is 5.57. The van der Waals surface area contributed by atoms with Gasteiger partial charge >= 0.3 is 0 Å². The van der Waals surface area contributed by atoms with E-state index in [1.165, 1.54) is 0 Å². The van der Waals surface area contributed by atoms with Gasteiger partial charge in [-0.05, 0) is 60.7 Å².